The Labute approximate surface area is 192 Å². The van der Waals surface area contributed by atoms with Gasteiger partial charge in [0.15, 0.2) is 5.82 Å². The Balaban J connectivity index is 1.52. The SMILES string of the molecule is Cc1cc(N2CCN(C(c3ccccc3)C(F)(F)F)CC2)nc(-c2ccc(C(F)(F)F)nc2)n1. The van der Waals surface area contributed by atoms with Crippen molar-refractivity contribution in [2.24, 2.45) is 0 Å². The summed E-state index contributed by atoms with van der Waals surface area (Å²) in [4.78, 5) is 15.4. The number of pyridine rings is 1. The minimum atomic E-state index is -4.55. The summed E-state index contributed by atoms with van der Waals surface area (Å²) in [7, 11) is 0. The van der Waals surface area contributed by atoms with Crippen LogP contribution in [0.4, 0.5) is 32.2 Å². The summed E-state index contributed by atoms with van der Waals surface area (Å²) in [6.07, 6.45) is -7.91. The summed E-state index contributed by atoms with van der Waals surface area (Å²) in [5.41, 5.74) is 0.0777. The van der Waals surface area contributed by atoms with E-state index in [1.807, 2.05) is 4.90 Å². The molecule has 0 spiro atoms. The quantitative estimate of drug-likeness (QED) is 0.474. The van der Waals surface area contributed by atoms with Gasteiger partial charge >= 0.3 is 12.4 Å². The number of aromatic nitrogens is 3. The number of hydrogen-bond donors (Lipinski definition) is 0. The molecular formula is C23H21F6N5. The average molecular weight is 481 g/mol. The number of hydrogen-bond acceptors (Lipinski definition) is 5. The van der Waals surface area contributed by atoms with Crippen molar-refractivity contribution in [2.75, 3.05) is 31.1 Å². The van der Waals surface area contributed by atoms with E-state index in [4.69, 9.17) is 0 Å². The molecule has 3 heterocycles. The highest BCUT2D eigenvalue weighted by Crippen LogP contribution is 2.38. The molecule has 1 fully saturated rings. The molecular weight excluding hydrogens is 460 g/mol. The van der Waals surface area contributed by atoms with E-state index < -0.39 is 24.1 Å². The van der Waals surface area contributed by atoms with Crippen molar-refractivity contribution >= 4 is 5.82 Å². The van der Waals surface area contributed by atoms with Crippen LogP contribution < -0.4 is 4.90 Å². The zero-order valence-electron chi connectivity index (χ0n) is 18.1. The fourth-order valence-electron chi connectivity index (χ4n) is 3.99. The first-order valence-corrected chi connectivity index (χ1v) is 10.5. The van der Waals surface area contributed by atoms with Crippen molar-refractivity contribution in [2.45, 2.75) is 25.3 Å². The smallest absolute Gasteiger partial charge is 0.354 e. The van der Waals surface area contributed by atoms with Crippen LogP contribution in [0.5, 0.6) is 0 Å². The molecule has 180 valence electrons. The first kappa shape index (κ1) is 23.9. The summed E-state index contributed by atoms with van der Waals surface area (Å²) in [5, 5.41) is 0. The van der Waals surface area contributed by atoms with Crippen LogP contribution in [0.15, 0.2) is 54.7 Å². The van der Waals surface area contributed by atoms with Crippen LogP contribution in [0.2, 0.25) is 0 Å². The van der Waals surface area contributed by atoms with E-state index in [-0.39, 0.29) is 24.5 Å². The van der Waals surface area contributed by atoms with E-state index in [1.54, 1.807) is 31.2 Å². The van der Waals surface area contributed by atoms with Gasteiger partial charge < -0.3 is 4.90 Å². The predicted molar refractivity (Wildman–Crippen MR) is 114 cm³/mol. The molecule has 1 unspecified atom stereocenters. The normalized spacial score (nSPS) is 16.5. The summed E-state index contributed by atoms with van der Waals surface area (Å²) in [5.74, 6) is 0.710. The minimum Gasteiger partial charge on any atom is -0.354 e. The van der Waals surface area contributed by atoms with Crippen molar-refractivity contribution in [3.05, 3.63) is 71.7 Å². The van der Waals surface area contributed by atoms with Gasteiger partial charge in [0.1, 0.15) is 17.6 Å². The van der Waals surface area contributed by atoms with E-state index >= 15 is 0 Å². The highest BCUT2D eigenvalue weighted by molar-refractivity contribution is 5.57. The van der Waals surface area contributed by atoms with Crippen LogP contribution in [-0.4, -0.2) is 52.2 Å². The first-order chi connectivity index (χ1) is 16.0. The second-order valence-electron chi connectivity index (χ2n) is 8.00. The topological polar surface area (TPSA) is 45.2 Å². The summed E-state index contributed by atoms with van der Waals surface area (Å²) >= 11 is 0. The Morgan fingerprint density at radius 1 is 0.853 bits per heavy atom. The third kappa shape index (κ3) is 5.30. The number of aryl methyl sites for hydroxylation is 1. The molecule has 1 atom stereocenters. The maximum absolute atomic E-state index is 13.9. The largest absolute Gasteiger partial charge is 0.433 e. The second-order valence-corrected chi connectivity index (χ2v) is 8.00. The molecule has 1 aliphatic heterocycles. The van der Waals surface area contributed by atoms with Gasteiger partial charge in [0.25, 0.3) is 0 Å². The van der Waals surface area contributed by atoms with Crippen LogP contribution in [0.3, 0.4) is 0 Å². The molecule has 0 saturated carbocycles. The molecule has 0 bridgehead atoms. The fourth-order valence-corrected chi connectivity index (χ4v) is 3.99. The molecule has 34 heavy (non-hydrogen) atoms. The molecule has 5 nitrogen and oxygen atoms in total. The Morgan fingerprint density at radius 3 is 2.09 bits per heavy atom. The van der Waals surface area contributed by atoms with Crippen LogP contribution >= 0.6 is 0 Å². The number of piperazine rings is 1. The Morgan fingerprint density at radius 2 is 1.53 bits per heavy atom. The number of benzene rings is 1. The lowest BCUT2D eigenvalue weighted by atomic mass is 10.0. The second kappa shape index (κ2) is 9.21. The number of alkyl halides is 6. The van der Waals surface area contributed by atoms with Crippen LogP contribution in [0.1, 0.15) is 23.0 Å². The number of rotatable bonds is 4. The molecule has 3 aromatic rings. The van der Waals surface area contributed by atoms with Crippen molar-refractivity contribution in [1.82, 2.24) is 19.9 Å². The monoisotopic (exact) mass is 481 g/mol. The van der Waals surface area contributed by atoms with Crippen LogP contribution in [0, 0.1) is 6.92 Å². The molecule has 0 N–H and O–H groups in total. The van der Waals surface area contributed by atoms with E-state index in [0.717, 1.165) is 12.3 Å². The van der Waals surface area contributed by atoms with Gasteiger partial charge in [0.05, 0.1) is 0 Å². The van der Waals surface area contributed by atoms with Crippen molar-refractivity contribution < 1.29 is 26.3 Å². The Bertz CT molecular complexity index is 1110. The maximum Gasteiger partial charge on any atom is 0.433 e. The van der Waals surface area contributed by atoms with Crippen molar-refractivity contribution in [1.29, 1.82) is 0 Å². The van der Waals surface area contributed by atoms with Gasteiger partial charge in [-0.05, 0) is 24.6 Å². The van der Waals surface area contributed by atoms with Gasteiger partial charge in [0.2, 0.25) is 0 Å². The van der Waals surface area contributed by atoms with Gasteiger partial charge in [-0.2, -0.15) is 26.3 Å². The van der Waals surface area contributed by atoms with Gasteiger partial charge in [-0.25, -0.2) is 9.97 Å². The van der Waals surface area contributed by atoms with Crippen LogP contribution in [-0.2, 0) is 6.18 Å². The molecule has 1 aliphatic rings. The Kier molecular flexibility index (Phi) is 6.48. The zero-order valence-corrected chi connectivity index (χ0v) is 18.1. The summed E-state index contributed by atoms with van der Waals surface area (Å²) < 4.78 is 79.9. The van der Waals surface area contributed by atoms with Gasteiger partial charge in [-0.3, -0.25) is 9.88 Å². The van der Waals surface area contributed by atoms with Crippen LogP contribution in [0.25, 0.3) is 11.4 Å². The van der Waals surface area contributed by atoms with Gasteiger partial charge in [-0.15, -0.1) is 0 Å². The van der Waals surface area contributed by atoms with Gasteiger partial charge in [-0.1, -0.05) is 30.3 Å². The third-order valence-corrected chi connectivity index (χ3v) is 5.58. The first-order valence-electron chi connectivity index (χ1n) is 10.5. The lowest BCUT2D eigenvalue weighted by Gasteiger charge is -2.40. The molecule has 0 radical (unpaired) electrons. The molecule has 0 aliphatic carbocycles. The summed E-state index contributed by atoms with van der Waals surface area (Å²) in [6.45, 7) is 2.66. The third-order valence-electron chi connectivity index (χ3n) is 5.58. The lowest BCUT2D eigenvalue weighted by molar-refractivity contribution is -0.187. The van der Waals surface area contributed by atoms with Crippen molar-refractivity contribution in [3.63, 3.8) is 0 Å². The van der Waals surface area contributed by atoms with E-state index in [1.165, 1.54) is 23.1 Å². The molecule has 4 rings (SSSR count). The molecule has 1 saturated heterocycles. The number of anilines is 1. The molecule has 11 heteroatoms. The highest BCUT2D eigenvalue weighted by atomic mass is 19.4. The molecule has 2 aromatic heterocycles. The molecule has 1 aromatic carbocycles. The number of halogens is 6. The standard InChI is InChI=1S/C23H21F6N5/c1-15-13-19(32-21(31-15)17-7-8-18(30-14-17)22(24,25)26)33-9-11-34(12-10-33)20(23(27,28)29)16-5-3-2-4-6-16/h2-8,13-14,20H,9-12H2,1H3. The minimum absolute atomic E-state index is 0.166. The predicted octanol–water partition coefficient (Wildman–Crippen LogP) is 5.29. The lowest BCUT2D eigenvalue weighted by Crippen LogP contribution is -2.51. The van der Waals surface area contributed by atoms with Crippen molar-refractivity contribution in [3.8, 4) is 11.4 Å². The number of nitrogens with zero attached hydrogens (tertiary/aromatic N) is 5. The Hall–Kier alpha value is -3.21. The van der Waals surface area contributed by atoms with Gasteiger partial charge in [0, 0.05) is 49.7 Å². The summed E-state index contributed by atoms with van der Waals surface area (Å²) in [6, 6.07) is 9.92. The fraction of sp³-hybridized carbons (Fsp3) is 0.348. The molecule has 0 amide bonds. The van der Waals surface area contributed by atoms with E-state index in [2.05, 4.69) is 15.0 Å². The zero-order chi connectivity index (χ0) is 24.5. The van der Waals surface area contributed by atoms with E-state index in [0.29, 0.717) is 30.2 Å². The van der Waals surface area contributed by atoms with E-state index in [9.17, 15) is 26.3 Å². The average Bonchev–Trinajstić information content (AvgIpc) is 2.78. The highest BCUT2D eigenvalue weighted by Gasteiger charge is 2.45. The maximum atomic E-state index is 13.9.